The number of hydrogen-bond donors (Lipinski definition) is 2. The van der Waals surface area contributed by atoms with Gasteiger partial charge in [-0.1, -0.05) is 0 Å². The highest BCUT2D eigenvalue weighted by Crippen LogP contribution is 2.39. The molecule has 8 nitrogen and oxygen atoms in total. The summed E-state index contributed by atoms with van der Waals surface area (Å²) in [5.74, 6) is -1.68. The van der Waals surface area contributed by atoms with Gasteiger partial charge in [0.15, 0.2) is 6.61 Å². The lowest BCUT2D eigenvalue weighted by Gasteiger charge is -2.22. The molecule has 0 aromatic carbocycles. The van der Waals surface area contributed by atoms with Gasteiger partial charge in [-0.15, -0.1) is 0 Å². The minimum absolute atomic E-state index is 0.101. The molecule has 0 radical (unpaired) electrons. The topological polar surface area (TPSA) is 121 Å². The van der Waals surface area contributed by atoms with Gasteiger partial charge in [-0.3, -0.25) is 4.79 Å². The van der Waals surface area contributed by atoms with E-state index in [1.54, 1.807) is 27.7 Å². The molecule has 1 heterocycles. The highest BCUT2D eigenvalue weighted by molar-refractivity contribution is 5.99. The van der Waals surface area contributed by atoms with E-state index < -0.39 is 30.0 Å². The Bertz CT molecular complexity index is 773. The predicted molar refractivity (Wildman–Crippen MR) is 91.4 cm³/mol. The average molecular weight is 361 g/mol. The van der Waals surface area contributed by atoms with Crippen molar-refractivity contribution in [1.82, 2.24) is 10.3 Å². The number of esters is 2. The molecule has 0 aliphatic heterocycles. The fraction of sp³-hybridized carbons (Fsp3) is 0.556. The molecule has 26 heavy (non-hydrogen) atoms. The molecule has 1 aliphatic carbocycles. The van der Waals surface area contributed by atoms with Crippen LogP contribution in [-0.4, -0.2) is 41.6 Å². The van der Waals surface area contributed by atoms with Crippen LogP contribution in [0.3, 0.4) is 0 Å². The molecule has 0 bridgehead atoms. The van der Waals surface area contributed by atoms with Crippen molar-refractivity contribution in [3.63, 3.8) is 0 Å². The summed E-state index contributed by atoms with van der Waals surface area (Å²) in [5, 5.41) is 11.9. The number of amides is 1. The highest BCUT2D eigenvalue weighted by atomic mass is 16.5. The number of aromatic amines is 1. The zero-order valence-electron chi connectivity index (χ0n) is 15.4. The number of nitrogens with zero attached hydrogens (tertiary/aromatic N) is 1. The second-order valence-corrected chi connectivity index (χ2v) is 6.56. The van der Waals surface area contributed by atoms with Gasteiger partial charge in [-0.25, -0.2) is 9.59 Å². The Balaban J connectivity index is 2.00. The molecule has 1 fully saturated rings. The summed E-state index contributed by atoms with van der Waals surface area (Å²) < 4.78 is 10.00. The second kappa shape index (κ2) is 7.60. The number of carbonyl (C=O) groups excluding carboxylic acids is 3. The normalized spacial score (nSPS) is 15.5. The van der Waals surface area contributed by atoms with Gasteiger partial charge < -0.3 is 19.8 Å². The lowest BCUT2D eigenvalue weighted by molar-refractivity contribution is -0.125. The lowest BCUT2D eigenvalue weighted by atomic mass is 9.98. The Hall–Kier alpha value is -2.82. The number of nitrogens with one attached hydrogen (secondary N) is 2. The Kier molecular flexibility index (Phi) is 5.70. The van der Waals surface area contributed by atoms with E-state index in [1.807, 2.05) is 0 Å². The SMILES string of the molecule is CCOC(=O)c1c(C)[nH]c(C(=O)OCC(=O)N[C@](C)(C#N)C2CC2)c1C. The number of hydrogen-bond acceptors (Lipinski definition) is 6. The summed E-state index contributed by atoms with van der Waals surface area (Å²) in [5.41, 5.74) is 0.339. The minimum atomic E-state index is -0.945. The first-order valence-electron chi connectivity index (χ1n) is 8.49. The Morgan fingerprint density at radius 1 is 1.27 bits per heavy atom. The molecule has 1 amide bonds. The summed E-state index contributed by atoms with van der Waals surface area (Å²) in [6, 6.07) is 2.10. The van der Waals surface area contributed by atoms with Crippen LogP contribution in [0.2, 0.25) is 0 Å². The van der Waals surface area contributed by atoms with Crippen molar-refractivity contribution in [3.8, 4) is 6.07 Å². The third kappa shape index (κ3) is 4.04. The maximum absolute atomic E-state index is 12.2. The summed E-state index contributed by atoms with van der Waals surface area (Å²) >= 11 is 0. The smallest absolute Gasteiger partial charge is 0.355 e. The summed E-state index contributed by atoms with van der Waals surface area (Å²) in [7, 11) is 0. The molecule has 1 aromatic heterocycles. The maximum atomic E-state index is 12.2. The van der Waals surface area contributed by atoms with Crippen LogP contribution in [0.4, 0.5) is 0 Å². The summed E-state index contributed by atoms with van der Waals surface area (Å²) in [6.45, 7) is 6.33. The van der Waals surface area contributed by atoms with Crippen LogP contribution in [-0.2, 0) is 14.3 Å². The van der Waals surface area contributed by atoms with Gasteiger partial charge in [0.1, 0.15) is 11.2 Å². The Morgan fingerprint density at radius 2 is 1.92 bits per heavy atom. The molecule has 2 rings (SSSR count). The first kappa shape index (κ1) is 19.5. The van der Waals surface area contributed by atoms with Gasteiger partial charge in [0.25, 0.3) is 5.91 Å². The molecular formula is C18H23N3O5. The fourth-order valence-corrected chi connectivity index (χ4v) is 2.87. The third-order valence-electron chi connectivity index (χ3n) is 4.48. The van der Waals surface area contributed by atoms with Crippen LogP contribution < -0.4 is 5.32 Å². The predicted octanol–water partition coefficient (Wildman–Crippen LogP) is 1.77. The second-order valence-electron chi connectivity index (χ2n) is 6.56. The molecule has 0 saturated heterocycles. The molecule has 8 heteroatoms. The average Bonchev–Trinajstić information content (AvgIpc) is 3.39. The van der Waals surface area contributed by atoms with Gasteiger partial charge in [-0.05, 0) is 52.0 Å². The standard InChI is InChI=1S/C18H23N3O5/c1-5-25-16(23)14-10(2)15(20-11(14)3)17(24)26-8-13(22)21-18(4,9-19)12-6-7-12/h12,20H,5-8H2,1-4H3,(H,21,22)/t18-/m1/s1. The van der Waals surface area contributed by atoms with Crippen molar-refractivity contribution in [3.05, 3.63) is 22.5 Å². The number of ether oxygens (including phenoxy) is 2. The van der Waals surface area contributed by atoms with Crippen LogP contribution >= 0.6 is 0 Å². The first-order chi connectivity index (χ1) is 12.2. The van der Waals surface area contributed by atoms with Gasteiger partial charge in [0.2, 0.25) is 0 Å². The van der Waals surface area contributed by atoms with Gasteiger partial charge in [0, 0.05) is 5.69 Å². The number of H-pyrrole nitrogens is 1. The van der Waals surface area contributed by atoms with Crippen molar-refractivity contribution >= 4 is 17.8 Å². The van der Waals surface area contributed by atoms with Crippen LogP contribution in [0, 0.1) is 31.1 Å². The van der Waals surface area contributed by atoms with Crippen LogP contribution in [0.1, 0.15) is 58.8 Å². The Labute approximate surface area is 151 Å². The molecule has 140 valence electrons. The van der Waals surface area contributed by atoms with Crippen LogP contribution in [0.5, 0.6) is 0 Å². The number of rotatable bonds is 7. The van der Waals surface area contributed by atoms with Crippen LogP contribution in [0.25, 0.3) is 0 Å². The quantitative estimate of drug-likeness (QED) is 0.714. The monoisotopic (exact) mass is 361 g/mol. The maximum Gasteiger partial charge on any atom is 0.355 e. The van der Waals surface area contributed by atoms with Crippen molar-refractivity contribution in [2.75, 3.05) is 13.2 Å². The van der Waals surface area contributed by atoms with Crippen molar-refractivity contribution in [2.24, 2.45) is 5.92 Å². The largest absolute Gasteiger partial charge is 0.462 e. The zero-order valence-corrected chi connectivity index (χ0v) is 15.4. The van der Waals surface area contributed by atoms with E-state index in [2.05, 4.69) is 16.4 Å². The van der Waals surface area contributed by atoms with Crippen molar-refractivity contribution in [2.45, 2.75) is 46.1 Å². The van der Waals surface area contributed by atoms with Gasteiger partial charge >= 0.3 is 11.9 Å². The molecule has 1 saturated carbocycles. The van der Waals surface area contributed by atoms with Gasteiger partial charge in [-0.2, -0.15) is 5.26 Å². The van der Waals surface area contributed by atoms with E-state index >= 15 is 0 Å². The molecule has 0 spiro atoms. The molecular weight excluding hydrogens is 338 g/mol. The van der Waals surface area contributed by atoms with E-state index in [9.17, 15) is 19.6 Å². The summed E-state index contributed by atoms with van der Waals surface area (Å²) in [4.78, 5) is 39.0. The van der Waals surface area contributed by atoms with E-state index in [4.69, 9.17) is 9.47 Å². The Morgan fingerprint density at radius 3 is 2.46 bits per heavy atom. The van der Waals surface area contributed by atoms with Crippen molar-refractivity contribution < 1.29 is 23.9 Å². The van der Waals surface area contributed by atoms with Crippen molar-refractivity contribution in [1.29, 1.82) is 5.26 Å². The number of carbonyl (C=O) groups is 3. The van der Waals surface area contributed by atoms with E-state index in [0.29, 0.717) is 11.3 Å². The highest BCUT2D eigenvalue weighted by Gasteiger charge is 2.43. The third-order valence-corrected chi connectivity index (χ3v) is 4.48. The van der Waals surface area contributed by atoms with Crippen LogP contribution in [0.15, 0.2) is 0 Å². The summed E-state index contributed by atoms with van der Waals surface area (Å²) in [6.07, 6.45) is 1.78. The lowest BCUT2D eigenvalue weighted by Crippen LogP contribution is -2.48. The first-order valence-corrected chi connectivity index (χ1v) is 8.49. The van der Waals surface area contributed by atoms with E-state index in [1.165, 1.54) is 0 Å². The molecule has 0 unspecified atom stereocenters. The number of aromatic nitrogens is 1. The molecule has 1 aromatic rings. The fourth-order valence-electron chi connectivity index (χ4n) is 2.87. The van der Waals surface area contributed by atoms with E-state index in [-0.39, 0.29) is 23.8 Å². The number of aryl methyl sites for hydroxylation is 1. The minimum Gasteiger partial charge on any atom is -0.462 e. The molecule has 1 aliphatic rings. The van der Waals surface area contributed by atoms with Gasteiger partial charge in [0.05, 0.1) is 18.2 Å². The van der Waals surface area contributed by atoms with E-state index in [0.717, 1.165) is 12.8 Å². The number of nitriles is 1. The zero-order chi connectivity index (χ0) is 19.5. The molecule has 2 N–H and O–H groups in total. The molecule has 1 atom stereocenters.